The van der Waals surface area contributed by atoms with Crippen LogP contribution in [0.2, 0.25) is 0 Å². The lowest BCUT2D eigenvalue weighted by Gasteiger charge is -2.21. The second kappa shape index (κ2) is 6.05. The molecule has 1 aromatic rings. The standard InChI is InChI=1S/C13H16BrF2N3O/c1-18(2)8-3-4-19(7-8)13(20)17-12-5-9(14)10(15)6-11(12)16/h5-6,8H,3-4,7H2,1-2H3,(H,17,20)/t8-/m1/s1. The number of carbonyl (C=O) groups is 1. The van der Waals surface area contributed by atoms with Crippen LogP contribution in [0.25, 0.3) is 0 Å². The van der Waals surface area contributed by atoms with E-state index in [1.54, 1.807) is 4.90 Å². The quantitative estimate of drug-likeness (QED) is 0.835. The largest absolute Gasteiger partial charge is 0.323 e. The van der Waals surface area contributed by atoms with Gasteiger partial charge in [-0.15, -0.1) is 0 Å². The highest BCUT2D eigenvalue weighted by Gasteiger charge is 2.27. The topological polar surface area (TPSA) is 35.6 Å². The number of nitrogens with zero attached hydrogens (tertiary/aromatic N) is 2. The molecule has 1 fully saturated rings. The number of urea groups is 1. The van der Waals surface area contributed by atoms with Crippen LogP contribution in [0.15, 0.2) is 16.6 Å². The Balaban J connectivity index is 2.04. The van der Waals surface area contributed by atoms with Gasteiger partial charge >= 0.3 is 6.03 Å². The molecule has 2 amide bonds. The van der Waals surface area contributed by atoms with Gasteiger partial charge < -0.3 is 15.1 Å². The fraction of sp³-hybridized carbons (Fsp3) is 0.462. The Labute approximate surface area is 124 Å². The summed E-state index contributed by atoms with van der Waals surface area (Å²) >= 11 is 2.97. The Bertz CT molecular complexity index is 525. The number of hydrogen-bond donors (Lipinski definition) is 1. The molecule has 7 heteroatoms. The molecule has 1 atom stereocenters. The Hall–Kier alpha value is -1.21. The molecule has 0 saturated carbocycles. The summed E-state index contributed by atoms with van der Waals surface area (Å²) in [5.74, 6) is -1.49. The molecule has 0 aliphatic carbocycles. The Morgan fingerprint density at radius 3 is 2.70 bits per heavy atom. The van der Waals surface area contributed by atoms with Gasteiger partial charge in [0.25, 0.3) is 0 Å². The molecular weight excluding hydrogens is 332 g/mol. The predicted molar refractivity (Wildman–Crippen MR) is 76.7 cm³/mol. The van der Waals surface area contributed by atoms with Gasteiger partial charge in [-0.25, -0.2) is 13.6 Å². The summed E-state index contributed by atoms with van der Waals surface area (Å²) in [6, 6.07) is 1.91. The van der Waals surface area contributed by atoms with Crippen molar-refractivity contribution in [2.24, 2.45) is 0 Å². The van der Waals surface area contributed by atoms with E-state index in [-0.39, 0.29) is 16.2 Å². The van der Waals surface area contributed by atoms with Crippen molar-refractivity contribution in [1.82, 2.24) is 9.80 Å². The highest BCUT2D eigenvalue weighted by atomic mass is 79.9. The maximum Gasteiger partial charge on any atom is 0.321 e. The number of amides is 2. The van der Waals surface area contributed by atoms with Crippen LogP contribution < -0.4 is 5.32 Å². The monoisotopic (exact) mass is 347 g/mol. The van der Waals surface area contributed by atoms with E-state index in [1.165, 1.54) is 6.07 Å². The first-order valence-electron chi connectivity index (χ1n) is 6.25. The summed E-state index contributed by atoms with van der Waals surface area (Å²) in [4.78, 5) is 15.7. The van der Waals surface area contributed by atoms with Gasteiger partial charge in [-0.05, 0) is 42.5 Å². The van der Waals surface area contributed by atoms with Gasteiger partial charge in [0.1, 0.15) is 11.6 Å². The van der Waals surface area contributed by atoms with Crippen molar-refractivity contribution < 1.29 is 13.6 Å². The zero-order valence-electron chi connectivity index (χ0n) is 11.3. The summed E-state index contributed by atoms with van der Waals surface area (Å²) in [7, 11) is 3.92. The molecule has 1 aromatic carbocycles. The first-order chi connectivity index (χ1) is 9.38. The van der Waals surface area contributed by atoms with Crippen LogP contribution in [0.4, 0.5) is 19.3 Å². The minimum absolute atomic E-state index is 0.0309. The first kappa shape index (κ1) is 15.2. The molecule has 0 bridgehead atoms. The van der Waals surface area contributed by atoms with Crippen molar-refractivity contribution in [2.45, 2.75) is 12.5 Å². The Morgan fingerprint density at radius 1 is 1.40 bits per heavy atom. The van der Waals surface area contributed by atoms with Crippen molar-refractivity contribution >= 4 is 27.6 Å². The van der Waals surface area contributed by atoms with Crippen molar-refractivity contribution in [1.29, 1.82) is 0 Å². The maximum absolute atomic E-state index is 13.6. The van der Waals surface area contributed by atoms with Gasteiger partial charge in [-0.1, -0.05) is 0 Å². The number of likely N-dealkylation sites (N-methyl/N-ethyl adjacent to an activating group) is 1. The summed E-state index contributed by atoms with van der Waals surface area (Å²) in [6.07, 6.45) is 0.885. The van der Waals surface area contributed by atoms with Gasteiger partial charge in [-0.2, -0.15) is 0 Å². The SMILES string of the molecule is CN(C)[C@@H]1CCN(C(=O)Nc2cc(Br)c(F)cc2F)C1. The highest BCUT2D eigenvalue weighted by Crippen LogP contribution is 2.24. The zero-order valence-corrected chi connectivity index (χ0v) is 12.9. The van der Waals surface area contributed by atoms with Gasteiger partial charge in [-0.3, -0.25) is 0 Å². The number of rotatable bonds is 2. The molecule has 1 heterocycles. The first-order valence-corrected chi connectivity index (χ1v) is 7.04. The van der Waals surface area contributed by atoms with Crippen LogP contribution >= 0.6 is 15.9 Å². The number of carbonyl (C=O) groups excluding carboxylic acids is 1. The van der Waals surface area contributed by atoms with Crippen molar-refractivity contribution in [3.8, 4) is 0 Å². The van der Waals surface area contributed by atoms with Gasteiger partial charge in [0.05, 0.1) is 10.2 Å². The average Bonchev–Trinajstić information content (AvgIpc) is 2.85. The highest BCUT2D eigenvalue weighted by molar-refractivity contribution is 9.10. The smallest absolute Gasteiger partial charge is 0.321 e. The predicted octanol–water partition coefficient (Wildman–Crippen LogP) is 2.90. The van der Waals surface area contributed by atoms with Gasteiger partial charge in [0.2, 0.25) is 0 Å². The van der Waals surface area contributed by atoms with Crippen LogP contribution in [-0.4, -0.2) is 49.1 Å². The molecule has 0 spiro atoms. The third-order valence-corrected chi connectivity index (χ3v) is 4.04. The summed E-state index contributed by atoms with van der Waals surface area (Å²) < 4.78 is 26.8. The van der Waals surface area contributed by atoms with E-state index in [4.69, 9.17) is 0 Å². The summed E-state index contributed by atoms with van der Waals surface area (Å²) in [6.45, 7) is 1.22. The second-order valence-corrected chi connectivity index (χ2v) is 5.88. The molecule has 2 rings (SSSR count). The van der Waals surface area contributed by atoms with Crippen LogP contribution in [0.5, 0.6) is 0 Å². The fourth-order valence-corrected chi connectivity index (χ4v) is 2.50. The van der Waals surface area contributed by atoms with Crippen molar-refractivity contribution in [2.75, 3.05) is 32.5 Å². The molecule has 0 aromatic heterocycles. The minimum Gasteiger partial charge on any atom is -0.323 e. The number of nitrogens with one attached hydrogen (secondary N) is 1. The average molecular weight is 348 g/mol. The molecule has 1 saturated heterocycles. The van der Waals surface area contributed by atoms with E-state index in [0.717, 1.165) is 12.5 Å². The molecule has 1 N–H and O–H groups in total. The Morgan fingerprint density at radius 2 is 2.10 bits per heavy atom. The van der Waals surface area contributed by atoms with E-state index >= 15 is 0 Å². The lowest BCUT2D eigenvalue weighted by Crippen LogP contribution is -2.37. The van der Waals surface area contributed by atoms with Gasteiger partial charge in [0, 0.05) is 25.2 Å². The molecule has 0 radical (unpaired) electrons. The lowest BCUT2D eigenvalue weighted by molar-refractivity contribution is 0.216. The third-order valence-electron chi connectivity index (χ3n) is 3.43. The lowest BCUT2D eigenvalue weighted by atomic mass is 10.2. The van der Waals surface area contributed by atoms with E-state index in [1.807, 2.05) is 14.1 Å². The Kier molecular flexibility index (Phi) is 4.59. The van der Waals surface area contributed by atoms with Crippen LogP contribution in [0.3, 0.4) is 0 Å². The third kappa shape index (κ3) is 3.27. The van der Waals surface area contributed by atoms with E-state index in [0.29, 0.717) is 19.1 Å². The molecule has 1 aliphatic heterocycles. The zero-order chi connectivity index (χ0) is 14.9. The van der Waals surface area contributed by atoms with Crippen LogP contribution in [-0.2, 0) is 0 Å². The minimum atomic E-state index is -0.789. The number of anilines is 1. The van der Waals surface area contributed by atoms with Crippen molar-refractivity contribution in [3.63, 3.8) is 0 Å². The molecule has 0 unspecified atom stereocenters. The number of likely N-dealkylation sites (tertiary alicyclic amines) is 1. The van der Waals surface area contributed by atoms with E-state index in [9.17, 15) is 13.6 Å². The van der Waals surface area contributed by atoms with Crippen LogP contribution in [0.1, 0.15) is 6.42 Å². The number of halogens is 3. The maximum atomic E-state index is 13.6. The second-order valence-electron chi connectivity index (χ2n) is 5.03. The molecular formula is C13H16BrF2N3O. The number of benzene rings is 1. The summed E-state index contributed by atoms with van der Waals surface area (Å²) in [5, 5.41) is 2.48. The van der Waals surface area contributed by atoms with E-state index in [2.05, 4.69) is 26.1 Å². The van der Waals surface area contributed by atoms with E-state index < -0.39 is 11.6 Å². The fourth-order valence-electron chi connectivity index (χ4n) is 2.16. The van der Waals surface area contributed by atoms with Crippen LogP contribution in [0, 0.1) is 11.6 Å². The molecule has 4 nitrogen and oxygen atoms in total. The normalized spacial score (nSPS) is 18.7. The summed E-state index contributed by atoms with van der Waals surface area (Å²) in [5.41, 5.74) is -0.0309. The molecule has 110 valence electrons. The molecule has 20 heavy (non-hydrogen) atoms. The van der Waals surface area contributed by atoms with Crippen molar-refractivity contribution in [3.05, 3.63) is 28.2 Å². The number of hydrogen-bond acceptors (Lipinski definition) is 2. The van der Waals surface area contributed by atoms with Gasteiger partial charge in [0.15, 0.2) is 0 Å². The molecule has 1 aliphatic rings.